The fourth-order valence-electron chi connectivity index (χ4n) is 4.05. The summed E-state index contributed by atoms with van der Waals surface area (Å²) >= 11 is 3.74. The molecule has 0 spiro atoms. The third-order valence-corrected chi connectivity index (χ3v) is 6.39. The Bertz CT molecular complexity index is 270. The molecule has 2 rings (SSSR count). The standard InChI is InChI=1S/C17H31BrO/c1-13(2)15-8-7-14(3)11-16(15)19-17(12-18)9-5-4-6-10-17/h13-16H,4-12H2,1-3H3. The molecule has 0 bridgehead atoms. The van der Waals surface area contributed by atoms with Crippen molar-refractivity contribution in [3.8, 4) is 0 Å². The predicted octanol–water partition coefficient (Wildman–Crippen LogP) is 5.56. The van der Waals surface area contributed by atoms with Crippen molar-refractivity contribution in [3.05, 3.63) is 0 Å². The van der Waals surface area contributed by atoms with E-state index in [0.29, 0.717) is 6.10 Å². The molecule has 2 saturated carbocycles. The first kappa shape index (κ1) is 15.8. The average molecular weight is 331 g/mol. The van der Waals surface area contributed by atoms with Gasteiger partial charge in [-0.3, -0.25) is 0 Å². The SMILES string of the molecule is CC1CCC(C(C)C)C(OC2(CBr)CCCCC2)C1. The lowest BCUT2D eigenvalue weighted by atomic mass is 9.74. The smallest absolute Gasteiger partial charge is 0.0782 e. The van der Waals surface area contributed by atoms with Gasteiger partial charge in [0.1, 0.15) is 0 Å². The Hall–Kier alpha value is 0.440. The van der Waals surface area contributed by atoms with Crippen LogP contribution in [0.5, 0.6) is 0 Å². The molecule has 2 aliphatic carbocycles. The van der Waals surface area contributed by atoms with Crippen molar-refractivity contribution in [1.29, 1.82) is 0 Å². The van der Waals surface area contributed by atoms with E-state index in [1.807, 2.05) is 0 Å². The topological polar surface area (TPSA) is 9.23 Å². The van der Waals surface area contributed by atoms with Crippen LogP contribution in [0.1, 0.15) is 72.1 Å². The molecule has 2 aliphatic rings. The number of ether oxygens (including phenoxy) is 1. The van der Waals surface area contributed by atoms with Gasteiger partial charge < -0.3 is 4.74 Å². The second-order valence-corrected chi connectivity index (χ2v) is 7.92. The molecule has 112 valence electrons. The van der Waals surface area contributed by atoms with Crippen molar-refractivity contribution in [2.75, 3.05) is 5.33 Å². The largest absolute Gasteiger partial charge is 0.371 e. The van der Waals surface area contributed by atoms with E-state index in [1.54, 1.807) is 0 Å². The van der Waals surface area contributed by atoms with Crippen molar-refractivity contribution in [1.82, 2.24) is 0 Å². The van der Waals surface area contributed by atoms with Crippen LogP contribution < -0.4 is 0 Å². The van der Waals surface area contributed by atoms with Crippen molar-refractivity contribution < 1.29 is 4.74 Å². The first-order chi connectivity index (χ1) is 9.06. The highest BCUT2D eigenvalue weighted by atomic mass is 79.9. The van der Waals surface area contributed by atoms with Crippen LogP contribution in [0.4, 0.5) is 0 Å². The predicted molar refractivity (Wildman–Crippen MR) is 85.8 cm³/mol. The molecule has 19 heavy (non-hydrogen) atoms. The quantitative estimate of drug-likeness (QED) is 0.613. The van der Waals surface area contributed by atoms with E-state index in [4.69, 9.17) is 4.74 Å². The lowest BCUT2D eigenvalue weighted by molar-refractivity contribution is -0.141. The van der Waals surface area contributed by atoms with Crippen LogP contribution in [0.2, 0.25) is 0 Å². The maximum absolute atomic E-state index is 6.77. The number of hydrogen-bond acceptors (Lipinski definition) is 1. The number of hydrogen-bond donors (Lipinski definition) is 0. The highest BCUT2D eigenvalue weighted by Crippen LogP contribution is 2.41. The van der Waals surface area contributed by atoms with E-state index in [9.17, 15) is 0 Å². The van der Waals surface area contributed by atoms with Crippen LogP contribution >= 0.6 is 15.9 Å². The van der Waals surface area contributed by atoms with Crippen molar-refractivity contribution >= 4 is 15.9 Å². The molecule has 0 aromatic rings. The highest BCUT2D eigenvalue weighted by Gasteiger charge is 2.39. The number of halogens is 1. The lowest BCUT2D eigenvalue weighted by Gasteiger charge is -2.45. The lowest BCUT2D eigenvalue weighted by Crippen LogP contribution is -2.45. The van der Waals surface area contributed by atoms with Crippen LogP contribution in [0.3, 0.4) is 0 Å². The summed E-state index contributed by atoms with van der Waals surface area (Å²) in [6.45, 7) is 7.14. The molecule has 3 unspecified atom stereocenters. The first-order valence-electron chi connectivity index (χ1n) is 8.30. The van der Waals surface area contributed by atoms with Crippen LogP contribution in [0, 0.1) is 17.8 Å². The maximum Gasteiger partial charge on any atom is 0.0782 e. The van der Waals surface area contributed by atoms with Gasteiger partial charge in [0.25, 0.3) is 0 Å². The summed E-state index contributed by atoms with van der Waals surface area (Å²) in [5.74, 6) is 2.37. The average Bonchev–Trinajstić information content (AvgIpc) is 2.39. The molecule has 3 atom stereocenters. The minimum Gasteiger partial charge on any atom is -0.371 e. The molecule has 2 heteroatoms. The van der Waals surface area contributed by atoms with Gasteiger partial charge >= 0.3 is 0 Å². The molecule has 2 fully saturated rings. The maximum atomic E-state index is 6.77. The van der Waals surface area contributed by atoms with Crippen molar-refractivity contribution in [3.63, 3.8) is 0 Å². The third kappa shape index (κ3) is 3.97. The van der Waals surface area contributed by atoms with Gasteiger partial charge in [0.05, 0.1) is 11.7 Å². The zero-order valence-corrected chi connectivity index (χ0v) is 14.5. The van der Waals surface area contributed by atoms with Gasteiger partial charge in [0.2, 0.25) is 0 Å². The van der Waals surface area contributed by atoms with Gasteiger partial charge in [0, 0.05) is 5.33 Å². The molecule has 0 aromatic carbocycles. The molecule has 0 heterocycles. The zero-order chi connectivity index (χ0) is 13.9. The summed E-state index contributed by atoms with van der Waals surface area (Å²) in [6.07, 6.45) is 11.1. The fourth-order valence-corrected chi connectivity index (χ4v) is 4.74. The monoisotopic (exact) mass is 330 g/mol. The summed E-state index contributed by atoms with van der Waals surface area (Å²) in [4.78, 5) is 0. The Morgan fingerprint density at radius 2 is 1.84 bits per heavy atom. The number of alkyl halides is 1. The molecule has 0 N–H and O–H groups in total. The molecule has 1 nitrogen and oxygen atoms in total. The third-order valence-electron chi connectivity index (χ3n) is 5.37. The Balaban J connectivity index is 2.04. The van der Waals surface area contributed by atoms with Crippen LogP contribution in [0.25, 0.3) is 0 Å². The Labute approximate surface area is 128 Å². The minimum absolute atomic E-state index is 0.146. The van der Waals surface area contributed by atoms with Gasteiger partial charge in [-0.25, -0.2) is 0 Å². The summed E-state index contributed by atoms with van der Waals surface area (Å²) in [6, 6.07) is 0. The second-order valence-electron chi connectivity index (χ2n) is 7.36. The van der Waals surface area contributed by atoms with Crippen molar-refractivity contribution in [2.24, 2.45) is 17.8 Å². The second kappa shape index (κ2) is 6.93. The molecule has 0 amide bonds. The fraction of sp³-hybridized carbons (Fsp3) is 1.00. The molecular weight excluding hydrogens is 300 g/mol. The van der Waals surface area contributed by atoms with Crippen LogP contribution in [-0.4, -0.2) is 17.0 Å². The zero-order valence-electron chi connectivity index (χ0n) is 13.0. The Morgan fingerprint density at radius 1 is 1.16 bits per heavy atom. The van der Waals surface area contributed by atoms with Gasteiger partial charge in [-0.15, -0.1) is 0 Å². The summed E-state index contributed by atoms with van der Waals surface area (Å²) < 4.78 is 6.77. The first-order valence-corrected chi connectivity index (χ1v) is 9.42. The van der Waals surface area contributed by atoms with E-state index >= 15 is 0 Å². The minimum atomic E-state index is 0.146. The molecular formula is C17H31BrO. The molecule has 0 aromatic heterocycles. The highest BCUT2D eigenvalue weighted by molar-refractivity contribution is 9.09. The van der Waals surface area contributed by atoms with E-state index in [0.717, 1.165) is 23.1 Å². The van der Waals surface area contributed by atoms with Crippen molar-refractivity contribution in [2.45, 2.75) is 83.8 Å². The summed E-state index contributed by atoms with van der Waals surface area (Å²) in [5.41, 5.74) is 0.146. The van der Waals surface area contributed by atoms with E-state index in [1.165, 1.54) is 51.4 Å². The van der Waals surface area contributed by atoms with Gasteiger partial charge in [-0.05, 0) is 43.4 Å². The molecule has 0 radical (unpaired) electrons. The van der Waals surface area contributed by atoms with E-state index in [-0.39, 0.29) is 5.60 Å². The molecule has 0 saturated heterocycles. The Kier molecular flexibility index (Phi) is 5.77. The summed E-state index contributed by atoms with van der Waals surface area (Å²) in [5, 5.41) is 1.02. The summed E-state index contributed by atoms with van der Waals surface area (Å²) in [7, 11) is 0. The number of rotatable bonds is 4. The van der Waals surface area contributed by atoms with Gasteiger partial charge in [-0.2, -0.15) is 0 Å². The van der Waals surface area contributed by atoms with E-state index in [2.05, 4.69) is 36.7 Å². The molecule has 0 aliphatic heterocycles. The van der Waals surface area contributed by atoms with Gasteiger partial charge in [-0.1, -0.05) is 62.4 Å². The van der Waals surface area contributed by atoms with E-state index < -0.39 is 0 Å². The van der Waals surface area contributed by atoms with Crippen LogP contribution in [-0.2, 0) is 4.74 Å². The van der Waals surface area contributed by atoms with Crippen LogP contribution in [0.15, 0.2) is 0 Å². The van der Waals surface area contributed by atoms with Gasteiger partial charge in [0.15, 0.2) is 0 Å². The normalized spacial score (nSPS) is 35.5. The Morgan fingerprint density at radius 3 is 2.42 bits per heavy atom.